The Morgan fingerprint density at radius 2 is 0.722 bits per heavy atom. The zero-order valence-electron chi connectivity index (χ0n) is 47.8. The summed E-state index contributed by atoms with van der Waals surface area (Å²) < 4.78 is 13.1. The molecule has 0 atom stereocenters. The molecule has 1 aliphatic carbocycles. The SMILES string of the molecule is c1ccc(-c2nc(-c3ccccc3)nc(-c3ccc(-c4cc5c6c(cccc6c4)-c4cc(-c6ccc7ccc(-c8nc(-c9ccc%10ccc%11ccccc%11c%10c9)nc(-c9cccc%10oc%11ncccc%11c9%10)n8)cc7c6)ccc4-5)c4oc5ncccc5c34)n2)cc1. The van der Waals surface area contributed by atoms with Gasteiger partial charge in [-0.1, -0.05) is 176 Å². The van der Waals surface area contributed by atoms with Crippen LogP contribution in [0.2, 0.25) is 0 Å². The Morgan fingerprint density at radius 3 is 1.48 bits per heavy atom. The predicted octanol–water partition coefficient (Wildman–Crippen LogP) is 20.2. The van der Waals surface area contributed by atoms with E-state index in [1.54, 1.807) is 12.4 Å². The third-order valence-corrected chi connectivity index (χ3v) is 17.8. The van der Waals surface area contributed by atoms with Crippen LogP contribution in [0.25, 0.3) is 200 Å². The van der Waals surface area contributed by atoms with Gasteiger partial charge in [0.05, 0.1) is 0 Å². The number of benzene rings is 12. The highest BCUT2D eigenvalue weighted by atomic mass is 16.3. The van der Waals surface area contributed by atoms with E-state index in [4.69, 9.17) is 43.7 Å². The molecule has 19 rings (SSSR count). The lowest BCUT2D eigenvalue weighted by atomic mass is 9.93. The fourth-order valence-electron chi connectivity index (χ4n) is 13.6. The smallest absolute Gasteiger partial charge is 0.227 e. The van der Waals surface area contributed by atoms with Crippen molar-refractivity contribution in [3.8, 4) is 113 Å². The monoisotopic (exact) mass is 1150 g/mol. The quantitative estimate of drug-likeness (QED) is 0.136. The van der Waals surface area contributed by atoms with Crippen molar-refractivity contribution in [1.29, 1.82) is 0 Å². The second-order valence-corrected chi connectivity index (χ2v) is 23.0. The van der Waals surface area contributed by atoms with Gasteiger partial charge >= 0.3 is 0 Å². The second-order valence-electron chi connectivity index (χ2n) is 23.0. The fourth-order valence-corrected chi connectivity index (χ4v) is 13.6. The van der Waals surface area contributed by atoms with E-state index < -0.39 is 0 Å². The summed E-state index contributed by atoms with van der Waals surface area (Å²) in [4.78, 5) is 40.5. The number of hydrogen-bond donors (Lipinski definition) is 0. The molecule has 0 radical (unpaired) electrons. The van der Waals surface area contributed by atoms with Gasteiger partial charge in [0, 0.05) is 72.9 Å². The van der Waals surface area contributed by atoms with Crippen LogP contribution in [0.4, 0.5) is 0 Å². The molecule has 0 amide bonds. The minimum atomic E-state index is 0.545. The average Bonchev–Trinajstić information content (AvgIpc) is 1.81. The maximum Gasteiger partial charge on any atom is 0.227 e. The van der Waals surface area contributed by atoms with E-state index >= 15 is 0 Å². The topological polar surface area (TPSA) is 129 Å². The number of hydrogen-bond acceptors (Lipinski definition) is 10. The number of fused-ring (bicyclic) bond motifs is 13. The van der Waals surface area contributed by atoms with E-state index in [1.165, 1.54) is 38.4 Å². The number of furan rings is 2. The van der Waals surface area contributed by atoms with Gasteiger partial charge in [0.15, 0.2) is 34.9 Å². The van der Waals surface area contributed by atoms with Gasteiger partial charge in [-0.2, -0.15) is 0 Å². The van der Waals surface area contributed by atoms with Gasteiger partial charge in [-0.05, 0) is 161 Å². The summed E-state index contributed by atoms with van der Waals surface area (Å²) in [7, 11) is 0. The zero-order valence-corrected chi connectivity index (χ0v) is 47.8. The first-order valence-corrected chi connectivity index (χ1v) is 29.9. The molecule has 0 unspecified atom stereocenters. The number of pyridine rings is 2. The average molecular weight is 1150 g/mol. The molecule has 0 saturated heterocycles. The Balaban J connectivity index is 0.713. The van der Waals surface area contributed by atoms with Crippen LogP contribution < -0.4 is 0 Å². The molecule has 0 N–H and O–H groups in total. The van der Waals surface area contributed by atoms with Crippen molar-refractivity contribution in [2.75, 3.05) is 0 Å². The third-order valence-electron chi connectivity index (χ3n) is 17.8. The molecule has 12 aromatic carbocycles. The van der Waals surface area contributed by atoms with Crippen molar-refractivity contribution in [3.05, 3.63) is 267 Å². The molecule has 6 heterocycles. The van der Waals surface area contributed by atoms with Gasteiger partial charge in [-0.15, -0.1) is 0 Å². The normalized spacial score (nSPS) is 12.0. The van der Waals surface area contributed by atoms with E-state index in [0.717, 1.165) is 110 Å². The Bertz CT molecular complexity index is 6000. The zero-order chi connectivity index (χ0) is 59.0. The van der Waals surface area contributed by atoms with Gasteiger partial charge < -0.3 is 8.83 Å². The Morgan fingerprint density at radius 1 is 0.222 bits per heavy atom. The molecule has 0 fully saturated rings. The first kappa shape index (κ1) is 49.8. The summed E-state index contributed by atoms with van der Waals surface area (Å²) in [6, 6.07) is 89.0. The Kier molecular flexibility index (Phi) is 10.8. The van der Waals surface area contributed by atoms with Gasteiger partial charge in [0.2, 0.25) is 11.4 Å². The molecule has 18 aromatic rings. The number of aromatic nitrogens is 8. The van der Waals surface area contributed by atoms with Crippen molar-refractivity contribution < 1.29 is 8.83 Å². The van der Waals surface area contributed by atoms with Crippen LogP contribution in [0, 0.1) is 0 Å². The highest BCUT2D eigenvalue weighted by Gasteiger charge is 2.27. The van der Waals surface area contributed by atoms with Crippen LogP contribution >= 0.6 is 0 Å². The van der Waals surface area contributed by atoms with Crippen LogP contribution in [-0.2, 0) is 0 Å². The largest absolute Gasteiger partial charge is 0.438 e. The summed E-state index contributed by atoms with van der Waals surface area (Å²) in [5, 5.41) is 12.8. The van der Waals surface area contributed by atoms with E-state index in [2.05, 4.69) is 169 Å². The highest BCUT2D eigenvalue weighted by molar-refractivity contribution is 6.20. The molecule has 0 aliphatic heterocycles. The van der Waals surface area contributed by atoms with Crippen LogP contribution in [-0.4, -0.2) is 39.9 Å². The molecule has 0 spiro atoms. The molecule has 416 valence electrons. The molecule has 90 heavy (non-hydrogen) atoms. The molecule has 10 heteroatoms. The van der Waals surface area contributed by atoms with Gasteiger partial charge in [0.1, 0.15) is 11.2 Å². The summed E-state index contributed by atoms with van der Waals surface area (Å²) in [6.07, 6.45) is 3.52. The minimum Gasteiger partial charge on any atom is -0.438 e. The lowest BCUT2D eigenvalue weighted by Crippen LogP contribution is -2.00. The van der Waals surface area contributed by atoms with Gasteiger partial charge in [0.25, 0.3) is 0 Å². The van der Waals surface area contributed by atoms with Crippen molar-refractivity contribution >= 4 is 87.2 Å². The molecule has 1 aliphatic rings. The standard InChI is InChI=1S/C80H44N8O2/c1-3-14-48(15-4-1)73-83-74(49-16-5-2-6-17-49)86-78(85-73)62-36-35-58(72-71(62)64-23-12-38-82-80(64)90-72)56-40-52-18-9-20-60-66-42-51(33-34-59(66)67(44-56)69(52)60)50-30-25-45-26-31-53(41-55(45)39-50)75-84-76(54-32-29-47-28-27-46-13-7-8-19-57(46)65(47)43-54)88-77(87-75)61-21-10-24-68-70(61)63-22-11-37-81-79(63)89-68/h1-44H. The predicted molar refractivity (Wildman–Crippen MR) is 361 cm³/mol. The first-order chi connectivity index (χ1) is 44.5. The van der Waals surface area contributed by atoms with E-state index in [-0.39, 0.29) is 0 Å². The van der Waals surface area contributed by atoms with E-state index in [9.17, 15) is 0 Å². The summed E-state index contributed by atoms with van der Waals surface area (Å²) >= 11 is 0. The van der Waals surface area contributed by atoms with Crippen molar-refractivity contribution in [3.63, 3.8) is 0 Å². The molecular formula is C80H44N8O2. The molecule has 0 bridgehead atoms. The first-order valence-electron chi connectivity index (χ1n) is 29.9. The second kappa shape index (κ2) is 19.6. The Labute approximate surface area is 513 Å². The summed E-state index contributed by atoms with van der Waals surface area (Å²) in [6.45, 7) is 0. The highest BCUT2D eigenvalue weighted by Crippen LogP contribution is 2.51. The van der Waals surface area contributed by atoms with Crippen LogP contribution in [0.3, 0.4) is 0 Å². The molecule has 0 saturated carbocycles. The fraction of sp³-hybridized carbons (Fsp3) is 0. The maximum atomic E-state index is 6.82. The number of nitrogens with zero attached hydrogens (tertiary/aromatic N) is 8. The Hall–Kier alpha value is -12.4. The van der Waals surface area contributed by atoms with Gasteiger partial charge in [-0.25, -0.2) is 39.9 Å². The van der Waals surface area contributed by atoms with Crippen molar-refractivity contribution in [2.24, 2.45) is 0 Å². The van der Waals surface area contributed by atoms with Gasteiger partial charge in [-0.3, -0.25) is 0 Å². The lowest BCUT2D eigenvalue weighted by molar-refractivity contribution is 0.654. The molecular weight excluding hydrogens is 1100 g/mol. The van der Waals surface area contributed by atoms with Crippen molar-refractivity contribution in [2.45, 2.75) is 0 Å². The minimum absolute atomic E-state index is 0.545. The summed E-state index contributed by atoms with van der Waals surface area (Å²) in [5.41, 5.74) is 16.7. The van der Waals surface area contributed by atoms with Crippen LogP contribution in [0.15, 0.2) is 276 Å². The third kappa shape index (κ3) is 7.91. The number of rotatable bonds is 8. The molecule has 6 aromatic heterocycles. The summed E-state index contributed by atoms with van der Waals surface area (Å²) in [5.74, 6) is 3.42. The maximum absolute atomic E-state index is 6.82. The van der Waals surface area contributed by atoms with Crippen molar-refractivity contribution in [1.82, 2.24) is 39.9 Å². The molecule has 10 nitrogen and oxygen atoms in total. The van der Waals surface area contributed by atoms with Crippen LogP contribution in [0.5, 0.6) is 0 Å². The van der Waals surface area contributed by atoms with E-state index in [1.807, 2.05) is 91.0 Å². The van der Waals surface area contributed by atoms with E-state index in [0.29, 0.717) is 52.0 Å². The van der Waals surface area contributed by atoms with Crippen LogP contribution in [0.1, 0.15) is 0 Å². The lowest BCUT2D eigenvalue weighted by Gasteiger charge is -2.12.